The molecule has 0 fully saturated rings. The number of amides is 1. The summed E-state index contributed by atoms with van der Waals surface area (Å²) >= 11 is 0. The fraction of sp³-hybridized carbons (Fsp3) is 0.158. The number of carbonyl (C=O) groups is 1. The summed E-state index contributed by atoms with van der Waals surface area (Å²) in [6, 6.07) is 12.7. The molecule has 0 aliphatic rings. The number of halogens is 1. The monoisotopic (exact) mass is 355 g/mol. The van der Waals surface area contributed by atoms with Gasteiger partial charge in [0, 0.05) is 18.8 Å². The minimum Gasteiger partial charge on any atom is -0.497 e. The first kappa shape index (κ1) is 18.8. The van der Waals surface area contributed by atoms with Crippen molar-refractivity contribution in [2.45, 2.75) is 6.54 Å². The lowest BCUT2D eigenvalue weighted by molar-refractivity contribution is -0.112. The van der Waals surface area contributed by atoms with E-state index >= 15 is 0 Å². The molecule has 26 heavy (non-hydrogen) atoms. The van der Waals surface area contributed by atoms with Crippen LogP contribution in [0.4, 0.5) is 10.1 Å². The fourth-order valence-corrected chi connectivity index (χ4v) is 2.12. The van der Waals surface area contributed by atoms with Crippen molar-refractivity contribution in [3.05, 3.63) is 65.6 Å². The Morgan fingerprint density at radius 2 is 1.92 bits per heavy atom. The average Bonchev–Trinajstić information content (AvgIpc) is 2.66. The molecule has 2 aromatic rings. The summed E-state index contributed by atoms with van der Waals surface area (Å²) in [6.07, 6.45) is 1.31. The van der Waals surface area contributed by atoms with E-state index in [1.165, 1.54) is 32.6 Å². The maximum atomic E-state index is 12.9. The lowest BCUT2D eigenvalue weighted by Gasteiger charge is -2.11. The number of nitrogens with one attached hydrogen (secondary N) is 2. The first-order chi connectivity index (χ1) is 12.6. The quantitative estimate of drug-likeness (QED) is 0.589. The van der Waals surface area contributed by atoms with E-state index in [-0.39, 0.29) is 11.4 Å². The second kappa shape index (κ2) is 9.08. The van der Waals surface area contributed by atoms with Gasteiger partial charge in [-0.15, -0.1) is 0 Å². The SMILES string of the molecule is COc1ccc(OC)c(NC(=O)/C(C#N)=C\NCc2ccc(F)cc2)c1. The molecule has 0 radical (unpaired) electrons. The molecule has 0 saturated carbocycles. The molecule has 0 aliphatic heterocycles. The van der Waals surface area contributed by atoms with Gasteiger partial charge in [0.05, 0.1) is 19.9 Å². The number of benzene rings is 2. The molecule has 2 N–H and O–H groups in total. The number of hydrogen-bond donors (Lipinski definition) is 2. The minimum absolute atomic E-state index is 0.114. The van der Waals surface area contributed by atoms with Crippen LogP contribution in [0.25, 0.3) is 0 Å². The van der Waals surface area contributed by atoms with Crippen LogP contribution in [0.1, 0.15) is 5.56 Å². The fourth-order valence-electron chi connectivity index (χ4n) is 2.12. The maximum absolute atomic E-state index is 12.9. The third kappa shape index (κ3) is 4.98. The van der Waals surface area contributed by atoms with Crippen molar-refractivity contribution < 1.29 is 18.7 Å². The molecule has 2 rings (SSSR count). The standard InChI is InChI=1S/C19H18FN3O3/c1-25-16-7-8-18(26-2)17(9-16)23-19(24)14(10-21)12-22-11-13-3-5-15(20)6-4-13/h3-9,12,22H,11H2,1-2H3,(H,23,24)/b14-12-. The van der Waals surface area contributed by atoms with Crippen molar-refractivity contribution in [2.24, 2.45) is 0 Å². The number of nitriles is 1. The van der Waals surface area contributed by atoms with Gasteiger partial charge in [0.2, 0.25) is 0 Å². The van der Waals surface area contributed by atoms with E-state index in [1.54, 1.807) is 30.3 Å². The van der Waals surface area contributed by atoms with E-state index in [9.17, 15) is 14.4 Å². The van der Waals surface area contributed by atoms with Gasteiger partial charge in [0.25, 0.3) is 5.91 Å². The number of ether oxygens (including phenoxy) is 2. The van der Waals surface area contributed by atoms with Gasteiger partial charge in [-0.2, -0.15) is 5.26 Å². The van der Waals surface area contributed by atoms with E-state index < -0.39 is 5.91 Å². The van der Waals surface area contributed by atoms with Crippen LogP contribution < -0.4 is 20.1 Å². The van der Waals surface area contributed by atoms with Gasteiger partial charge in [0.1, 0.15) is 29.0 Å². The van der Waals surface area contributed by atoms with Crippen LogP contribution in [0, 0.1) is 17.1 Å². The topological polar surface area (TPSA) is 83.4 Å². The van der Waals surface area contributed by atoms with E-state index in [0.29, 0.717) is 23.7 Å². The van der Waals surface area contributed by atoms with E-state index in [0.717, 1.165) is 5.56 Å². The number of methoxy groups -OCH3 is 2. The normalized spacial score (nSPS) is 10.6. The largest absolute Gasteiger partial charge is 0.497 e. The summed E-state index contributed by atoms with van der Waals surface area (Å²) in [5.74, 6) is 0.0630. The zero-order chi connectivity index (χ0) is 18.9. The Morgan fingerprint density at radius 1 is 1.19 bits per heavy atom. The molecule has 7 heteroatoms. The zero-order valence-electron chi connectivity index (χ0n) is 14.4. The van der Waals surface area contributed by atoms with Gasteiger partial charge < -0.3 is 20.1 Å². The van der Waals surface area contributed by atoms with Crippen LogP contribution in [0.5, 0.6) is 11.5 Å². The van der Waals surface area contributed by atoms with Crippen LogP contribution in [0.15, 0.2) is 54.2 Å². The van der Waals surface area contributed by atoms with Gasteiger partial charge in [-0.25, -0.2) is 4.39 Å². The Bertz CT molecular complexity index is 842. The number of carbonyl (C=O) groups excluding carboxylic acids is 1. The van der Waals surface area contributed by atoms with Crippen molar-refractivity contribution in [3.8, 4) is 17.6 Å². The highest BCUT2D eigenvalue weighted by Crippen LogP contribution is 2.29. The predicted molar refractivity (Wildman–Crippen MR) is 95.1 cm³/mol. The third-order valence-electron chi connectivity index (χ3n) is 3.49. The van der Waals surface area contributed by atoms with Crippen molar-refractivity contribution in [1.82, 2.24) is 5.32 Å². The van der Waals surface area contributed by atoms with Crippen molar-refractivity contribution in [2.75, 3.05) is 19.5 Å². The Morgan fingerprint density at radius 3 is 2.54 bits per heavy atom. The predicted octanol–water partition coefficient (Wildman–Crippen LogP) is 2.98. The van der Waals surface area contributed by atoms with Crippen LogP contribution in [-0.2, 0) is 11.3 Å². The molecule has 0 heterocycles. The lowest BCUT2D eigenvalue weighted by Crippen LogP contribution is -2.17. The summed E-state index contributed by atoms with van der Waals surface area (Å²) in [7, 11) is 2.98. The molecule has 0 spiro atoms. The van der Waals surface area contributed by atoms with Crippen LogP contribution in [0.3, 0.4) is 0 Å². The van der Waals surface area contributed by atoms with E-state index in [2.05, 4.69) is 10.6 Å². The molecule has 1 amide bonds. The number of anilines is 1. The molecule has 0 aromatic heterocycles. The van der Waals surface area contributed by atoms with Crippen molar-refractivity contribution in [3.63, 3.8) is 0 Å². The van der Waals surface area contributed by atoms with Gasteiger partial charge in [-0.1, -0.05) is 12.1 Å². The summed E-state index contributed by atoms with van der Waals surface area (Å²) in [5.41, 5.74) is 1.09. The third-order valence-corrected chi connectivity index (χ3v) is 3.49. The molecular weight excluding hydrogens is 337 g/mol. The second-order valence-electron chi connectivity index (χ2n) is 5.20. The van der Waals surface area contributed by atoms with Gasteiger partial charge in [0.15, 0.2) is 0 Å². The molecule has 6 nitrogen and oxygen atoms in total. The molecule has 134 valence electrons. The number of nitrogens with zero attached hydrogens (tertiary/aromatic N) is 1. The molecule has 0 saturated heterocycles. The van der Waals surface area contributed by atoms with Crippen molar-refractivity contribution in [1.29, 1.82) is 5.26 Å². The Hall–Kier alpha value is -3.53. The maximum Gasteiger partial charge on any atom is 0.267 e. The molecule has 0 atom stereocenters. The Labute approximate surface area is 150 Å². The van der Waals surface area contributed by atoms with Gasteiger partial charge in [-0.05, 0) is 29.8 Å². The van der Waals surface area contributed by atoms with Crippen LogP contribution in [0.2, 0.25) is 0 Å². The number of hydrogen-bond acceptors (Lipinski definition) is 5. The van der Waals surface area contributed by atoms with Gasteiger partial charge >= 0.3 is 0 Å². The van der Waals surface area contributed by atoms with Crippen LogP contribution in [-0.4, -0.2) is 20.1 Å². The summed E-state index contributed by atoms with van der Waals surface area (Å²) in [5, 5.41) is 14.7. The molecule has 0 bridgehead atoms. The highest BCUT2D eigenvalue weighted by atomic mass is 19.1. The lowest BCUT2D eigenvalue weighted by atomic mass is 10.2. The molecule has 0 aliphatic carbocycles. The second-order valence-corrected chi connectivity index (χ2v) is 5.20. The molecule has 2 aromatic carbocycles. The van der Waals surface area contributed by atoms with Crippen molar-refractivity contribution >= 4 is 11.6 Å². The zero-order valence-corrected chi connectivity index (χ0v) is 14.4. The highest BCUT2D eigenvalue weighted by molar-refractivity contribution is 6.07. The molecular formula is C19H18FN3O3. The van der Waals surface area contributed by atoms with E-state index in [4.69, 9.17) is 9.47 Å². The smallest absolute Gasteiger partial charge is 0.267 e. The first-order valence-corrected chi connectivity index (χ1v) is 7.69. The van der Waals surface area contributed by atoms with Gasteiger partial charge in [-0.3, -0.25) is 4.79 Å². The minimum atomic E-state index is -0.592. The summed E-state index contributed by atoms with van der Waals surface area (Å²) in [6.45, 7) is 0.348. The Kier molecular flexibility index (Phi) is 6.57. The highest BCUT2D eigenvalue weighted by Gasteiger charge is 2.13. The summed E-state index contributed by atoms with van der Waals surface area (Å²) < 4.78 is 23.2. The Balaban J connectivity index is 2.06. The number of rotatable bonds is 7. The van der Waals surface area contributed by atoms with E-state index in [1.807, 2.05) is 6.07 Å². The average molecular weight is 355 g/mol. The van der Waals surface area contributed by atoms with Crippen LogP contribution >= 0.6 is 0 Å². The summed E-state index contributed by atoms with van der Waals surface area (Å²) in [4.78, 5) is 12.3. The first-order valence-electron chi connectivity index (χ1n) is 7.69. The molecule has 0 unspecified atom stereocenters.